The van der Waals surface area contributed by atoms with Crippen molar-refractivity contribution in [3.63, 3.8) is 0 Å². The highest BCUT2D eigenvalue weighted by Crippen LogP contribution is 2.39. The van der Waals surface area contributed by atoms with Crippen molar-refractivity contribution in [2.24, 2.45) is 4.99 Å². The molecule has 0 aromatic heterocycles. The van der Waals surface area contributed by atoms with Crippen molar-refractivity contribution < 1.29 is 9.47 Å². The summed E-state index contributed by atoms with van der Waals surface area (Å²) < 4.78 is 12.6. The Morgan fingerprint density at radius 1 is 1.20 bits per heavy atom. The first-order chi connectivity index (χ1) is 12.1. The van der Waals surface area contributed by atoms with Gasteiger partial charge in [0, 0.05) is 33.5 Å². The Kier molecular flexibility index (Phi) is 6.55. The second-order valence-corrected chi connectivity index (χ2v) is 8.06. The zero-order chi connectivity index (χ0) is 17.8. The van der Waals surface area contributed by atoms with Gasteiger partial charge in [-0.1, -0.05) is 29.3 Å². The fourth-order valence-electron chi connectivity index (χ4n) is 2.39. The molecule has 132 valence electrons. The van der Waals surface area contributed by atoms with Gasteiger partial charge in [-0.25, -0.2) is 0 Å². The number of nitrogens with zero attached hydrogens (tertiary/aromatic N) is 1. The average molecular weight is 461 g/mol. The number of rotatable bonds is 6. The van der Waals surface area contributed by atoms with Crippen molar-refractivity contribution in [2.45, 2.75) is 13.5 Å². The van der Waals surface area contributed by atoms with E-state index in [1.54, 1.807) is 23.9 Å². The van der Waals surface area contributed by atoms with E-state index in [1.165, 1.54) is 0 Å². The third-order valence-corrected chi connectivity index (χ3v) is 5.73. The summed E-state index contributed by atoms with van der Waals surface area (Å²) in [7, 11) is 0. The molecule has 0 spiro atoms. The average Bonchev–Trinajstić information content (AvgIpc) is 3.10. The highest BCUT2D eigenvalue weighted by Gasteiger charge is 2.17. The minimum absolute atomic E-state index is 0.323. The zero-order valence-corrected chi connectivity index (χ0v) is 17.4. The van der Waals surface area contributed by atoms with Gasteiger partial charge in [0.25, 0.3) is 0 Å². The molecule has 0 radical (unpaired) electrons. The third-order valence-electron chi connectivity index (χ3n) is 3.53. The van der Waals surface area contributed by atoms with E-state index in [2.05, 4.69) is 20.9 Å². The number of aliphatic imine (C=N–C) groups is 1. The molecule has 0 N–H and O–H groups in total. The van der Waals surface area contributed by atoms with Crippen LogP contribution in [0.25, 0.3) is 0 Å². The van der Waals surface area contributed by atoms with Gasteiger partial charge in [0.2, 0.25) is 0 Å². The maximum Gasteiger partial charge on any atom is 0.175 e. The van der Waals surface area contributed by atoms with Gasteiger partial charge in [-0.3, -0.25) is 4.99 Å². The molecular formula is C18H16BrCl2NO2S. The monoisotopic (exact) mass is 459 g/mol. The molecular weight excluding hydrogens is 445 g/mol. The van der Waals surface area contributed by atoms with Gasteiger partial charge in [-0.15, -0.1) is 11.8 Å². The lowest BCUT2D eigenvalue weighted by molar-refractivity contribution is 0.267. The van der Waals surface area contributed by atoms with Gasteiger partial charge in [-0.2, -0.15) is 0 Å². The number of thioether (sulfide) groups is 1. The Labute approximate surface area is 169 Å². The Bertz CT molecular complexity index is 814. The van der Waals surface area contributed by atoms with Crippen LogP contribution in [0, 0.1) is 0 Å². The van der Waals surface area contributed by atoms with Gasteiger partial charge in [0.15, 0.2) is 11.5 Å². The second-order valence-electron chi connectivity index (χ2n) is 5.28. The van der Waals surface area contributed by atoms with Crippen molar-refractivity contribution in [1.82, 2.24) is 0 Å². The van der Waals surface area contributed by atoms with Gasteiger partial charge >= 0.3 is 0 Å². The molecule has 3 rings (SSSR count). The summed E-state index contributed by atoms with van der Waals surface area (Å²) >= 11 is 17.5. The van der Waals surface area contributed by atoms with Crippen LogP contribution in [0.2, 0.25) is 10.0 Å². The van der Waals surface area contributed by atoms with Crippen LogP contribution >= 0.6 is 50.9 Å². The minimum Gasteiger partial charge on any atom is -0.490 e. The van der Waals surface area contributed by atoms with E-state index in [1.807, 2.05) is 25.1 Å². The van der Waals surface area contributed by atoms with Gasteiger partial charge in [0.1, 0.15) is 6.61 Å². The van der Waals surface area contributed by atoms with Crippen LogP contribution in [0.4, 0.5) is 0 Å². The maximum absolute atomic E-state index is 6.22. The summed E-state index contributed by atoms with van der Waals surface area (Å²) in [6, 6.07) is 9.35. The lowest BCUT2D eigenvalue weighted by Crippen LogP contribution is -2.03. The molecule has 25 heavy (non-hydrogen) atoms. The highest BCUT2D eigenvalue weighted by atomic mass is 79.9. The molecule has 0 fully saturated rings. The number of benzene rings is 2. The molecule has 0 saturated heterocycles. The van der Waals surface area contributed by atoms with Gasteiger partial charge in [0.05, 0.1) is 16.1 Å². The molecule has 2 aromatic carbocycles. The van der Waals surface area contributed by atoms with Crippen LogP contribution in [0.1, 0.15) is 18.1 Å². The number of hydrogen-bond donors (Lipinski definition) is 0. The van der Waals surface area contributed by atoms with Crippen LogP contribution in [-0.4, -0.2) is 23.9 Å². The van der Waals surface area contributed by atoms with Crippen molar-refractivity contribution in [2.75, 3.05) is 18.9 Å². The predicted molar refractivity (Wildman–Crippen MR) is 110 cm³/mol. The SMILES string of the molecule is CCOc1cc(C2=NCCS2)cc(Br)c1OCc1ccc(Cl)cc1Cl. The highest BCUT2D eigenvalue weighted by molar-refractivity contribution is 9.10. The van der Waals surface area contributed by atoms with E-state index in [0.29, 0.717) is 34.8 Å². The Balaban J connectivity index is 1.86. The quantitative estimate of drug-likeness (QED) is 0.512. The summed E-state index contributed by atoms with van der Waals surface area (Å²) in [6.07, 6.45) is 0. The normalized spacial score (nSPS) is 13.7. The molecule has 0 bridgehead atoms. The van der Waals surface area contributed by atoms with Crippen LogP contribution in [-0.2, 0) is 6.61 Å². The fourth-order valence-corrected chi connectivity index (χ4v) is 4.26. The Morgan fingerprint density at radius 2 is 2.04 bits per heavy atom. The molecule has 0 atom stereocenters. The minimum atomic E-state index is 0.323. The summed E-state index contributed by atoms with van der Waals surface area (Å²) in [6.45, 7) is 3.68. The van der Waals surface area contributed by atoms with Crippen molar-refractivity contribution in [3.05, 3.63) is 56.0 Å². The molecule has 7 heteroatoms. The summed E-state index contributed by atoms with van der Waals surface area (Å²) in [4.78, 5) is 4.52. The fraction of sp³-hybridized carbons (Fsp3) is 0.278. The molecule has 0 amide bonds. The molecule has 1 aliphatic heterocycles. The number of ether oxygens (including phenoxy) is 2. The largest absolute Gasteiger partial charge is 0.490 e. The van der Waals surface area contributed by atoms with E-state index in [0.717, 1.165) is 32.9 Å². The third kappa shape index (κ3) is 4.64. The molecule has 1 heterocycles. The smallest absolute Gasteiger partial charge is 0.175 e. The molecule has 1 aliphatic rings. The molecule has 0 aliphatic carbocycles. The first-order valence-electron chi connectivity index (χ1n) is 7.79. The van der Waals surface area contributed by atoms with E-state index < -0.39 is 0 Å². The van der Waals surface area contributed by atoms with Crippen LogP contribution < -0.4 is 9.47 Å². The van der Waals surface area contributed by atoms with Crippen LogP contribution in [0.3, 0.4) is 0 Å². The Hall–Kier alpha value is -0.880. The lowest BCUT2D eigenvalue weighted by Gasteiger charge is -2.16. The summed E-state index contributed by atoms with van der Waals surface area (Å²) in [5.74, 6) is 2.36. The van der Waals surface area contributed by atoms with E-state index >= 15 is 0 Å². The zero-order valence-electron chi connectivity index (χ0n) is 13.5. The van der Waals surface area contributed by atoms with E-state index in [9.17, 15) is 0 Å². The van der Waals surface area contributed by atoms with Crippen molar-refractivity contribution in [1.29, 1.82) is 0 Å². The number of hydrogen-bond acceptors (Lipinski definition) is 4. The second kappa shape index (κ2) is 8.67. The first-order valence-corrected chi connectivity index (χ1v) is 10.3. The summed E-state index contributed by atoms with van der Waals surface area (Å²) in [5.41, 5.74) is 1.90. The van der Waals surface area contributed by atoms with Gasteiger partial charge < -0.3 is 9.47 Å². The predicted octanol–water partition coefficient (Wildman–Crippen LogP) is 6.23. The maximum atomic E-state index is 6.22. The van der Waals surface area contributed by atoms with E-state index in [-0.39, 0.29) is 0 Å². The van der Waals surface area contributed by atoms with Crippen molar-refractivity contribution >= 4 is 55.9 Å². The molecule has 0 saturated carbocycles. The van der Waals surface area contributed by atoms with Gasteiger partial charge in [-0.05, 0) is 47.1 Å². The Morgan fingerprint density at radius 3 is 2.72 bits per heavy atom. The van der Waals surface area contributed by atoms with Crippen LogP contribution in [0.15, 0.2) is 39.8 Å². The van der Waals surface area contributed by atoms with Crippen molar-refractivity contribution in [3.8, 4) is 11.5 Å². The standard InChI is InChI=1S/C18H16BrCl2NO2S/c1-2-23-16-8-12(18-22-5-6-25-18)7-14(19)17(16)24-10-11-3-4-13(20)9-15(11)21/h3-4,7-9H,2,5-6,10H2,1H3. The van der Waals surface area contributed by atoms with E-state index in [4.69, 9.17) is 32.7 Å². The number of halogens is 3. The topological polar surface area (TPSA) is 30.8 Å². The lowest BCUT2D eigenvalue weighted by atomic mass is 10.2. The first kappa shape index (κ1) is 18.9. The molecule has 3 nitrogen and oxygen atoms in total. The molecule has 2 aromatic rings. The van der Waals surface area contributed by atoms with Crippen LogP contribution in [0.5, 0.6) is 11.5 Å². The molecule has 0 unspecified atom stereocenters. The summed E-state index contributed by atoms with van der Waals surface area (Å²) in [5, 5.41) is 2.22.